The molecule has 2 fully saturated rings. The highest BCUT2D eigenvalue weighted by atomic mass is 16.7. The van der Waals surface area contributed by atoms with E-state index in [0.717, 1.165) is 6.42 Å². The zero-order chi connectivity index (χ0) is 43.5. The van der Waals surface area contributed by atoms with E-state index in [-0.39, 0.29) is 63.9 Å². The molecule has 3 aliphatic rings. The number of carbonyl (C=O) groups is 4. The number of hydrogen-bond donors (Lipinski definition) is 10. The zero-order valence-corrected chi connectivity index (χ0v) is 33.9. The summed E-state index contributed by atoms with van der Waals surface area (Å²) in [4.78, 5) is 49.8. The van der Waals surface area contributed by atoms with Crippen molar-refractivity contribution in [2.24, 2.45) is 11.7 Å². The molecule has 0 unspecified atom stereocenters. The second-order valence-corrected chi connectivity index (χ2v) is 15.4. The fraction of sp³-hybridized carbons (Fsp3) is 0.707. The smallest absolute Gasteiger partial charge is 0.315 e. The zero-order valence-electron chi connectivity index (χ0n) is 33.9. The van der Waals surface area contributed by atoms with Crippen molar-refractivity contribution in [2.75, 3.05) is 13.2 Å². The number of esters is 1. The molecule has 13 atom stereocenters. The standard InChI is InChI=1S/C41H65N3O15/c1-3-13-27-16-10-8-6-5-7-9-11-17-28(58-39-37(52)35(42)32(49)24-56-39)21-33-36(44-40(54)43-19-18-34(50)51)31(48)23-41(55,59-33)22-26(46)15-12-14-25(45)20-30(47)29(4-2)38(53)57-27/h5-11,17,26-33,35-37,39,46-49,52,55H,3-4,12-16,18-24,42H2,1-2H3,(H,50,51)(H2,43,44,54)/b6-5+,9-7+,10-8+,17-11+/t26-,27+,28-,29-,30+,31-,32+,33-,35-,36+,37-,39-,41+/m0/s1. The summed E-state index contributed by atoms with van der Waals surface area (Å²) in [6, 6.07) is -3.11. The summed E-state index contributed by atoms with van der Waals surface area (Å²) < 4.78 is 23.6. The van der Waals surface area contributed by atoms with Crippen LogP contribution in [0.3, 0.4) is 0 Å². The van der Waals surface area contributed by atoms with Crippen molar-refractivity contribution in [1.29, 1.82) is 0 Å². The van der Waals surface area contributed by atoms with Gasteiger partial charge in [-0.05, 0) is 25.7 Å². The SMILES string of the molecule is CCC[C@@H]1C/C=C/C=C/C=C/C=C/[C@H](O[C@@H]2OC[C@@H](O)[C@H](N)[C@@H]2O)C[C@@H]2O[C@](O)(C[C@@H](O)CCCC(=O)C[C@@H](O)[C@H](CC)C(=O)O1)C[C@H](O)[C@H]2NC(=O)NCCC(=O)O. The van der Waals surface area contributed by atoms with Crippen molar-refractivity contribution >= 4 is 23.8 Å². The molecule has 3 rings (SSSR count). The molecule has 0 spiro atoms. The Morgan fingerprint density at radius 1 is 0.983 bits per heavy atom. The average molecular weight is 840 g/mol. The Morgan fingerprint density at radius 2 is 1.69 bits per heavy atom. The van der Waals surface area contributed by atoms with Crippen LogP contribution >= 0.6 is 0 Å². The molecule has 0 aromatic heterocycles. The van der Waals surface area contributed by atoms with Crippen LogP contribution in [0, 0.1) is 5.92 Å². The van der Waals surface area contributed by atoms with Gasteiger partial charge in [-0.15, -0.1) is 0 Å². The van der Waals surface area contributed by atoms with Crippen LogP contribution in [0.15, 0.2) is 48.6 Å². The molecule has 3 aliphatic heterocycles. The third-order valence-electron chi connectivity index (χ3n) is 10.5. The van der Waals surface area contributed by atoms with Gasteiger partial charge >= 0.3 is 18.0 Å². The molecular formula is C41H65N3O15. The monoisotopic (exact) mass is 839 g/mol. The van der Waals surface area contributed by atoms with Gasteiger partial charge in [0.15, 0.2) is 12.1 Å². The number of amides is 2. The number of urea groups is 1. The molecule has 11 N–H and O–H groups in total. The number of rotatable bonds is 9. The van der Waals surface area contributed by atoms with Gasteiger partial charge in [-0.3, -0.25) is 14.4 Å². The van der Waals surface area contributed by atoms with Crippen LogP contribution in [0.2, 0.25) is 0 Å². The number of aliphatic hydroxyl groups is 6. The van der Waals surface area contributed by atoms with Gasteiger partial charge in [0.25, 0.3) is 0 Å². The van der Waals surface area contributed by atoms with E-state index in [4.69, 9.17) is 29.8 Å². The molecule has 0 aromatic rings. The number of ether oxygens (including phenoxy) is 4. The van der Waals surface area contributed by atoms with Crippen molar-refractivity contribution in [3.05, 3.63) is 48.6 Å². The minimum atomic E-state index is -2.14. The predicted molar refractivity (Wildman–Crippen MR) is 212 cm³/mol. The number of cyclic esters (lactones) is 1. The molecule has 2 saturated heterocycles. The number of ketones is 1. The van der Waals surface area contributed by atoms with Crippen molar-refractivity contribution in [3.8, 4) is 0 Å². The molecule has 2 bridgehead atoms. The summed E-state index contributed by atoms with van der Waals surface area (Å²) >= 11 is 0. The van der Waals surface area contributed by atoms with Crippen LogP contribution < -0.4 is 16.4 Å². The van der Waals surface area contributed by atoms with E-state index >= 15 is 0 Å². The summed E-state index contributed by atoms with van der Waals surface area (Å²) in [5.41, 5.74) is 5.97. The second-order valence-electron chi connectivity index (χ2n) is 15.4. The number of Topliss-reactive ketones (excluding diaryl/α,β-unsaturated/α-hetero) is 1. The minimum Gasteiger partial charge on any atom is -0.481 e. The Balaban J connectivity index is 1.93. The molecule has 0 saturated carbocycles. The maximum Gasteiger partial charge on any atom is 0.315 e. The Hall–Kier alpha value is -3.56. The van der Waals surface area contributed by atoms with Crippen molar-refractivity contribution in [2.45, 2.75) is 164 Å². The molecular weight excluding hydrogens is 774 g/mol. The predicted octanol–water partition coefficient (Wildman–Crippen LogP) is 0.756. The van der Waals surface area contributed by atoms with Crippen LogP contribution in [-0.4, -0.2) is 146 Å². The number of carboxylic acids is 1. The molecule has 0 radical (unpaired) electrons. The number of carbonyl (C=O) groups excluding carboxylic acids is 3. The van der Waals surface area contributed by atoms with E-state index < -0.39 is 110 Å². The van der Waals surface area contributed by atoms with Crippen LogP contribution in [-0.2, 0) is 33.3 Å². The number of aliphatic carboxylic acids is 1. The molecule has 0 aromatic carbocycles. The average Bonchev–Trinajstić information content (AvgIpc) is 3.15. The normalized spacial score (nSPS) is 38.3. The molecule has 18 nitrogen and oxygen atoms in total. The second kappa shape index (κ2) is 25.3. The first-order chi connectivity index (χ1) is 28.0. The summed E-state index contributed by atoms with van der Waals surface area (Å²) in [5, 5.41) is 79.7. The first kappa shape index (κ1) is 49.8. The first-order valence-corrected chi connectivity index (χ1v) is 20.5. The van der Waals surface area contributed by atoms with E-state index in [1.807, 2.05) is 13.0 Å². The molecule has 59 heavy (non-hydrogen) atoms. The summed E-state index contributed by atoms with van der Waals surface area (Å²) in [7, 11) is 0. The number of aliphatic hydroxyl groups excluding tert-OH is 5. The first-order valence-electron chi connectivity index (χ1n) is 20.5. The van der Waals surface area contributed by atoms with Crippen molar-refractivity contribution in [1.82, 2.24) is 10.6 Å². The third kappa shape index (κ3) is 17.1. The van der Waals surface area contributed by atoms with Gasteiger partial charge in [-0.2, -0.15) is 0 Å². The lowest BCUT2D eigenvalue weighted by molar-refractivity contribution is -0.298. The van der Waals surface area contributed by atoms with Crippen molar-refractivity contribution in [3.63, 3.8) is 0 Å². The van der Waals surface area contributed by atoms with Gasteiger partial charge in [-0.1, -0.05) is 68.9 Å². The summed E-state index contributed by atoms with van der Waals surface area (Å²) in [5.74, 6) is -5.08. The Bertz CT molecular complexity index is 1460. The fourth-order valence-electron chi connectivity index (χ4n) is 7.25. The highest BCUT2D eigenvalue weighted by Crippen LogP contribution is 2.35. The maximum absolute atomic E-state index is 13.1. The van der Waals surface area contributed by atoms with E-state index in [9.17, 15) is 49.8 Å². The molecule has 2 amide bonds. The lowest BCUT2D eigenvalue weighted by Crippen LogP contribution is -2.63. The summed E-state index contributed by atoms with van der Waals surface area (Å²) in [6.07, 6.45) is 3.81. The molecule has 0 aliphatic carbocycles. The number of carboxylic acid groups (broad SMARTS) is 1. The third-order valence-corrected chi connectivity index (χ3v) is 10.5. The Morgan fingerprint density at radius 3 is 2.39 bits per heavy atom. The lowest BCUT2D eigenvalue weighted by atomic mass is 9.87. The van der Waals surface area contributed by atoms with Gasteiger partial charge in [0.05, 0.1) is 67.7 Å². The Kier molecular flexibility index (Phi) is 21.3. The van der Waals surface area contributed by atoms with E-state index in [1.54, 1.807) is 49.5 Å². The number of fused-ring (bicyclic) bond motifs is 2. The van der Waals surface area contributed by atoms with E-state index in [0.29, 0.717) is 12.8 Å². The largest absolute Gasteiger partial charge is 0.481 e. The quantitative estimate of drug-likeness (QED) is 0.143. The Labute approximate surface area is 345 Å². The van der Waals surface area contributed by atoms with Crippen LogP contribution in [0.5, 0.6) is 0 Å². The van der Waals surface area contributed by atoms with E-state index in [1.165, 1.54) is 0 Å². The molecule has 334 valence electrons. The summed E-state index contributed by atoms with van der Waals surface area (Å²) in [6.45, 7) is 3.25. The molecule has 18 heteroatoms. The van der Waals surface area contributed by atoms with Gasteiger partial charge in [0, 0.05) is 45.1 Å². The topological polar surface area (TPSA) is 297 Å². The van der Waals surface area contributed by atoms with Gasteiger partial charge in [0.1, 0.15) is 18.0 Å². The van der Waals surface area contributed by atoms with Gasteiger partial charge < -0.3 is 71.1 Å². The maximum atomic E-state index is 13.1. The van der Waals surface area contributed by atoms with Gasteiger partial charge in [-0.25, -0.2) is 4.79 Å². The van der Waals surface area contributed by atoms with Crippen LogP contribution in [0.25, 0.3) is 0 Å². The van der Waals surface area contributed by atoms with E-state index in [2.05, 4.69) is 10.6 Å². The lowest BCUT2D eigenvalue weighted by Gasteiger charge is -2.46. The van der Waals surface area contributed by atoms with Crippen LogP contribution in [0.4, 0.5) is 4.79 Å². The van der Waals surface area contributed by atoms with Crippen LogP contribution in [0.1, 0.15) is 90.9 Å². The number of allylic oxidation sites excluding steroid dienone is 6. The van der Waals surface area contributed by atoms with Crippen molar-refractivity contribution < 1.29 is 73.9 Å². The highest BCUT2D eigenvalue weighted by molar-refractivity contribution is 5.80. The number of nitrogens with one attached hydrogen (secondary N) is 2. The molecule has 3 heterocycles. The van der Waals surface area contributed by atoms with Gasteiger partial charge in [0.2, 0.25) is 0 Å². The number of hydrogen-bond acceptors (Lipinski definition) is 15. The minimum absolute atomic E-state index is 0.0283. The fourth-order valence-corrected chi connectivity index (χ4v) is 7.25. The highest BCUT2D eigenvalue weighted by Gasteiger charge is 2.48. The number of nitrogens with two attached hydrogens (primary N) is 1.